The molecule has 2 saturated heterocycles. The second kappa shape index (κ2) is 15.3. The van der Waals surface area contributed by atoms with Crippen molar-refractivity contribution in [1.82, 2.24) is 15.5 Å². The quantitative estimate of drug-likeness (QED) is 0.160. The Kier molecular flexibility index (Phi) is 10.8. The summed E-state index contributed by atoms with van der Waals surface area (Å²) in [5, 5.41) is 9.12. The Hall–Kier alpha value is -2.71. The lowest BCUT2D eigenvalue weighted by atomic mass is 9.99. The number of carbonyl (C=O) groups is 1. The second-order valence-electron chi connectivity index (χ2n) is 13.2. The highest BCUT2D eigenvalue weighted by Gasteiger charge is 2.50. The largest absolute Gasteiger partial charge is 0.489 e. The molecule has 4 atom stereocenters. The summed E-state index contributed by atoms with van der Waals surface area (Å²) in [7, 11) is 0. The molecule has 3 N–H and O–H groups in total. The maximum atomic E-state index is 13.0. The van der Waals surface area contributed by atoms with E-state index in [1.165, 1.54) is 11.3 Å². The van der Waals surface area contributed by atoms with E-state index in [0.29, 0.717) is 76.4 Å². The van der Waals surface area contributed by atoms with Crippen LogP contribution in [0.15, 0.2) is 32.8 Å². The van der Waals surface area contributed by atoms with Gasteiger partial charge in [-0.25, -0.2) is 0 Å². The number of hydrogen-bond acceptors (Lipinski definition) is 11. The maximum absolute atomic E-state index is 13.0. The van der Waals surface area contributed by atoms with Crippen molar-refractivity contribution < 1.29 is 33.0 Å². The van der Waals surface area contributed by atoms with E-state index in [-0.39, 0.29) is 43.0 Å². The average Bonchev–Trinajstić information content (AvgIpc) is 3.35. The highest BCUT2D eigenvalue weighted by atomic mass is 35.5. The van der Waals surface area contributed by atoms with Gasteiger partial charge >= 0.3 is 0 Å². The molecule has 1 saturated carbocycles. The molecule has 11 nitrogen and oxygen atoms in total. The first-order chi connectivity index (χ1) is 23.8. The molecule has 2 aliphatic heterocycles. The Morgan fingerprint density at radius 1 is 1.12 bits per heavy atom. The Morgan fingerprint density at radius 3 is 2.67 bits per heavy atom. The standard InChI is InChI=1S/C35H42Cl2N4O7S/c1-18(2)46-24-13-20(34(42)39-12-5-3-4-11-38)14-27-30(24)40-35(49-27)47-26-17-45-32-25(16-44-33(26)32)43-15-21-29(41-48-31(21)19-9-10-19)28-22(36)7-6-8-23(28)37/h7,13-14,18-19,25-26,32-33H,3-6,8-12,15-17,38H2,1-2H3,(H,39,42)/t25?,26?,32-,33-/m1/s1. The SMILES string of the molecule is CC(C)Oc1cc(C(=O)NCCCCCN)cc2sc(OC3CO[C@@H]4C(OCc5c(C6=C(Cl)CCC=C6Cl)noc5C5CC5)CO[C@H]34)nc12. The molecule has 14 heteroatoms. The van der Waals surface area contributed by atoms with Crippen LogP contribution in [0.3, 0.4) is 0 Å². The minimum atomic E-state index is -0.381. The summed E-state index contributed by atoms with van der Waals surface area (Å²) >= 11 is 14.6. The van der Waals surface area contributed by atoms with Crippen LogP contribution >= 0.6 is 34.5 Å². The van der Waals surface area contributed by atoms with Gasteiger partial charge in [-0.2, -0.15) is 4.98 Å². The number of fused-ring (bicyclic) bond motifs is 2. The van der Waals surface area contributed by atoms with Gasteiger partial charge in [0.1, 0.15) is 41.0 Å². The molecule has 0 bridgehead atoms. The van der Waals surface area contributed by atoms with Crippen LogP contribution in [-0.2, 0) is 20.8 Å². The number of thiazole rings is 1. The van der Waals surface area contributed by atoms with Crippen LogP contribution in [0.25, 0.3) is 15.8 Å². The fourth-order valence-electron chi connectivity index (χ4n) is 6.49. The summed E-state index contributed by atoms with van der Waals surface area (Å²) < 4.78 is 37.9. The summed E-state index contributed by atoms with van der Waals surface area (Å²) in [5.41, 5.74) is 9.00. The van der Waals surface area contributed by atoms with Crippen LogP contribution in [0.2, 0.25) is 0 Å². The molecule has 0 spiro atoms. The number of ether oxygens (including phenoxy) is 5. The highest BCUT2D eigenvalue weighted by Crippen LogP contribution is 2.46. The van der Waals surface area contributed by atoms with Crippen molar-refractivity contribution in [3.63, 3.8) is 0 Å². The van der Waals surface area contributed by atoms with Gasteiger partial charge in [0.05, 0.1) is 30.6 Å². The second-order valence-corrected chi connectivity index (χ2v) is 15.0. The number of nitrogens with one attached hydrogen (secondary N) is 1. The van der Waals surface area contributed by atoms with E-state index in [2.05, 4.69) is 10.5 Å². The summed E-state index contributed by atoms with van der Waals surface area (Å²) in [6, 6.07) is 3.58. The Bertz CT molecular complexity index is 1740. The summed E-state index contributed by atoms with van der Waals surface area (Å²) in [6.45, 7) is 6.08. The predicted octanol–water partition coefficient (Wildman–Crippen LogP) is 6.80. The molecule has 1 amide bonds. The highest BCUT2D eigenvalue weighted by molar-refractivity contribution is 7.20. The summed E-state index contributed by atoms with van der Waals surface area (Å²) in [5.74, 6) is 1.55. The molecule has 2 aliphatic carbocycles. The van der Waals surface area contributed by atoms with E-state index >= 15 is 0 Å². The van der Waals surface area contributed by atoms with Crippen LogP contribution < -0.4 is 20.5 Å². The molecule has 4 heterocycles. The van der Waals surface area contributed by atoms with Crippen LogP contribution in [0.5, 0.6) is 10.9 Å². The van der Waals surface area contributed by atoms with Crippen molar-refractivity contribution in [2.45, 2.75) is 102 Å². The lowest BCUT2D eigenvalue weighted by Crippen LogP contribution is -2.35. The van der Waals surface area contributed by atoms with Crippen molar-refractivity contribution >= 4 is 56.2 Å². The third-order valence-electron chi connectivity index (χ3n) is 9.09. The number of unbranched alkanes of at least 4 members (excludes halogenated alkanes) is 2. The van der Waals surface area contributed by atoms with Crippen molar-refractivity contribution in [2.75, 3.05) is 26.3 Å². The number of allylic oxidation sites excluding steroid dienone is 4. The normalized spacial score (nSPS) is 23.8. The summed E-state index contributed by atoms with van der Waals surface area (Å²) in [6.07, 6.45) is 6.93. The third kappa shape index (κ3) is 7.66. The fraction of sp³-hybridized carbons (Fsp3) is 0.571. The van der Waals surface area contributed by atoms with Crippen LogP contribution in [0, 0.1) is 0 Å². The van der Waals surface area contributed by atoms with Gasteiger partial charge in [0, 0.05) is 39.2 Å². The number of benzene rings is 1. The zero-order chi connectivity index (χ0) is 34.1. The molecule has 3 fully saturated rings. The number of amides is 1. The molecule has 2 unspecified atom stereocenters. The Balaban J connectivity index is 1.02. The van der Waals surface area contributed by atoms with Crippen molar-refractivity contribution in [3.8, 4) is 10.9 Å². The molecule has 4 aliphatic rings. The number of carbonyl (C=O) groups excluding carboxylic acids is 1. The summed E-state index contributed by atoms with van der Waals surface area (Å²) in [4.78, 5) is 17.8. The molecule has 1 aromatic carbocycles. The molecule has 264 valence electrons. The Morgan fingerprint density at radius 2 is 1.92 bits per heavy atom. The minimum Gasteiger partial charge on any atom is -0.489 e. The molecular formula is C35H42Cl2N4O7S. The molecule has 7 rings (SSSR count). The molecule has 0 radical (unpaired) electrons. The van der Waals surface area contributed by atoms with Gasteiger partial charge in [0.25, 0.3) is 11.1 Å². The van der Waals surface area contributed by atoms with E-state index < -0.39 is 0 Å². The number of halogens is 2. The van der Waals surface area contributed by atoms with Crippen LogP contribution in [0.1, 0.15) is 92.1 Å². The molecular weight excluding hydrogens is 691 g/mol. The van der Waals surface area contributed by atoms with E-state index in [0.717, 1.165) is 60.1 Å². The van der Waals surface area contributed by atoms with Crippen molar-refractivity contribution in [3.05, 3.63) is 50.9 Å². The van der Waals surface area contributed by atoms with Crippen LogP contribution in [-0.4, -0.2) is 72.9 Å². The van der Waals surface area contributed by atoms with E-state index in [1.807, 2.05) is 26.0 Å². The first-order valence-electron chi connectivity index (χ1n) is 17.1. The molecule has 2 aromatic heterocycles. The fourth-order valence-corrected chi connectivity index (χ4v) is 8.08. The van der Waals surface area contributed by atoms with Gasteiger partial charge in [-0.1, -0.05) is 52.2 Å². The lowest BCUT2D eigenvalue weighted by molar-refractivity contribution is -0.0429. The van der Waals surface area contributed by atoms with Gasteiger partial charge in [0.15, 0.2) is 6.10 Å². The van der Waals surface area contributed by atoms with Gasteiger partial charge in [-0.15, -0.1) is 0 Å². The molecule has 49 heavy (non-hydrogen) atoms. The smallest absolute Gasteiger partial charge is 0.274 e. The van der Waals surface area contributed by atoms with E-state index in [1.54, 1.807) is 6.07 Å². The maximum Gasteiger partial charge on any atom is 0.274 e. The third-order valence-corrected chi connectivity index (χ3v) is 10.7. The Labute approximate surface area is 299 Å². The topological polar surface area (TPSA) is 140 Å². The minimum absolute atomic E-state index is 0.101. The lowest BCUT2D eigenvalue weighted by Gasteiger charge is -2.18. The van der Waals surface area contributed by atoms with E-state index in [4.69, 9.17) is 62.1 Å². The number of rotatable bonds is 15. The number of nitrogens with two attached hydrogens (primary N) is 1. The van der Waals surface area contributed by atoms with Crippen molar-refractivity contribution in [1.29, 1.82) is 0 Å². The number of aromatic nitrogens is 2. The monoisotopic (exact) mass is 732 g/mol. The number of nitrogens with zero attached hydrogens (tertiary/aromatic N) is 2. The van der Waals surface area contributed by atoms with Gasteiger partial charge < -0.3 is 39.3 Å². The zero-order valence-electron chi connectivity index (χ0n) is 27.7. The van der Waals surface area contributed by atoms with Gasteiger partial charge in [-0.3, -0.25) is 4.79 Å². The van der Waals surface area contributed by atoms with Gasteiger partial charge in [0.2, 0.25) is 0 Å². The number of hydrogen-bond donors (Lipinski definition) is 2. The van der Waals surface area contributed by atoms with Crippen LogP contribution in [0.4, 0.5) is 0 Å². The first kappa shape index (κ1) is 34.7. The first-order valence-corrected chi connectivity index (χ1v) is 18.7. The molecule has 3 aromatic rings. The zero-order valence-corrected chi connectivity index (χ0v) is 30.0. The van der Waals surface area contributed by atoms with Crippen molar-refractivity contribution in [2.24, 2.45) is 5.73 Å². The average molecular weight is 734 g/mol. The predicted molar refractivity (Wildman–Crippen MR) is 188 cm³/mol. The van der Waals surface area contributed by atoms with E-state index in [9.17, 15) is 4.79 Å². The van der Waals surface area contributed by atoms with Gasteiger partial charge in [-0.05, 0) is 71.0 Å².